The second-order valence-electron chi connectivity index (χ2n) is 5.67. The van der Waals surface area contributed by atoms with Gasteiger partial charge in [-0.25, -0.2) is 9.59 Å². The van der Waals surface area contributed by atoms with Crippen LogP contribution in [-0.2, 0) is 16.0 Å². The number of alkyl carbamates (subject to hydrolysis) is 1. The third kappa shape index (κ3) is 6.76. The molecule has 0 bridgehead atoms. The van der Waals surface area contributed by atoms with Crippen LogP contribution in [-0.4, -0.2) is 40.5 Å². The number of aliphatic hydroxyl groups is 1. The Hall–Kier alpha value is -2.08. The molecule has 1 atom stereocenters. The Morgan fingerprint density at radius 2 is 1.81 bits per heavy atom. The van der Waals surface area contributed by atoms with Crippen LogP contribution in [0.5, 0.6) is 0 Å². The van der Waals surface area contributed by atoms with E-state index in [1.807, 2.05) is 5.32 Å². The molecule has 116 valence electrons. The highest BCUT2D eigenvalue weighted by molar-refractivity contribution is 5.80. The lowest BCUT2D eigenvalue weighted by Gasteiger charge is -2.21. The maximum Gasteiger partial charge on any atom is 0.408 e. The van der Waals surface area contributed by atoms with Crippen LogP contribution in [0.2, 0.25) is 0 Å². The molecule has 6 heteroatoms. The van der Waals surface area contributed by atoms with E-state index >= 15 is 0 Å². The Morgan fingerprint density at radius 3 is 2.14 bits per heavy atom. The molecule has 0 aromatic heterocycles. The Kier molecular flexibility index (Phi) is 5.72. The number of nitrogens with one attached hydrogen (secondary N) is 1. The summed E-state index contributed by atoms with van der Waals surface area (Å²) in [5.74, 6) is -1.31. The van der Waals surface area contributed by atoms with Crippen molar-refractivity contribution in [2.75, 3.05) is 6.61 Å². The van der Waals surface area contributed by atoms with E-state index in [1.165, 1.54) is 17.5 Å². The molecule has 0 radical (unpaired) electrons. The molecular weight excluding hydrogens is 274 g/mol. The van der Waals surface area contributed by atoms with E-state index in [1.54, 1.807) is 20.8 Å². The first-order chi connectivity index (χ1) is 9.73. The Balaban J connectivity index is 0.000000255. The van der Waals surface area contributed by atoms with Crippen LogP contribution in [0.25, 0.3) is 0 Å². The number of benzene rings is 1. The number of aliphatic carboxylic acids is 1. The number of carbonyl (C=O) groups excluding carboxylic acids is 1. The molecule has 2 rings (SSSR count). The summed E-state index contributed by atoms with van der Waals surface area (Å²) < 4.78 is 4.80. The molecular formula is C15H21NO5. The minimum absolute atomic E-state index is 0.672. The van der Waals surface area contributed by atoms with Crippen LogP contribution in [0.1, 0.15) is 31.9 Å². The third-order valence-electron chi connectivity index (χ3n) is 2.55. The molecule has 3 N–H and O–H groups in total. The number of hydrogen-bond donors (Lipinski definition) is 3. The van der Waals surface area contributed by atoms with Gasteiger partial charge in [0.15, 0.2) is 6.04 Å². The van der Waals surface area contributed by atoms with E-state index in [0.717, 1.165) is 0 Å². The van der Waals surface area contributed by atoms with Crippen LogP contribution in [0.15, 0.2) is 24.3 Å². The number of ether oxygens (including phenoxy) is 1. The molecule has 6 nitrogen and oxygen atoms in total. The fraction of sp³-hybridized carbons (Fsp3) is 0.467. The second kappa shape index (κ2) is 7.08. The van der Waals surface area contributed by atoms with Gasteiger partial charge >= 0.3 is 12.1 Å². The van der Waals surface area contributed by atoms with Gasteiger partial charge in [0.25, 0.3) is 0 Å². The average molecular weight is 295 g/mol. The van der Waals surface area contributed by atoms with E-state index < -0.39 is 30.3 Å². The number of carboxylic acids is 1. The van der Waals surface area contributed by atoms with Crippen LogP contribution in [0, 0.1) is 0 Å². The Morgan fingerprint density at radius 1 is 1.29 bits per heavy atom. The summed E-state index contributed by atoms with van der Waals surface area (Å²) in [6.45, 7) is 4.29. The van der Waals surface area contributed by atoms with E-state index in [9.17, 15) is 9.59 Å². The summed E-state index contributed by atoms with van der Waals surface area (Å²) in [4.78, 5) is 21.4. The number of hydrogen-bond acceptors (Lipinski definition) is 4. The van der Waals surface area contributed by atoms with Crippen molar-refractivity contribution in [1.82, 2.24) is 5.32 Å². The number of fused-ring (bicyclic) bond motifs is 1. The van der Waals surface area contributed by atoms with E-state index in [2.05, 4.69) is 24.3 Å². The maximum absolute atomic E-state index is 11.0. The first-order valence-corrected chi connectivity index (χ1v) is 6.63. The smallest absolute Gasteiger partial charge is 0.408 e. The SMILES string of the molecule is CC(C)(C)OC(=O)N[C@@H](CO)C(=O)O.c1ccc2c(c1)C2. The van der Waals surface area contributed by atoms with Crippen LogP contribution in [0.3, 0.4) is 0 Å². The standard InChI is InChI=1S/C8H15NO5.C7H6/c1-8(2,3)14-7(13)9-5(4-10)6(11)12;1-2-4-7-5-6(7)3-1/h5,10H,4H2,1-3H3,(H,9,13)(H,11,12);1-4H,5H2/t5-;/m0./s1. The summed E-state index contributed by atoms with van der Waals surface area (Å²) in [5, 5.41) is 19.1. The van der Waals surface area contributed by atoms with Crippen molar-refractivity contribution in [1.29, 1.82) is 0 Å². The van der Waals surface area contributed by atoms with E-state index in [4.69, 9.17) is 14.9 Å². The molecule has 1 amide bonds. The lowest BCUT2D eigenvalue weighted by Crippen LogP contribution is -2.45. The molecule has 0 unspecified atom stereocenters. The summed E-state index contributed by atoms with van der Waals surface area (Å²) in [6, 6.07) is 7.20. The van der Waals surface area contributed by atoms with Crippen molar-refractivity contribution < 1.29 is 24.5 Å². The van der Waals surface area contributed by atoms with Gasteiger partial charge in [0.05, 0.1) is 6.61 Å². The van der Waals surface area contributed by atoms with E-state index in [-0.39, 0.29) is 0 Å². The monoisotopic (exact) mass is 295 g/mol. The highest BCUT2D eigenvalue weighted by Gasteiger charge is 2.22. The van der Waals surface area contributed by atoms with Crippen molar-refractivity contribution in [3.8, 4) is 0 Å². The molecule has 1 aromatic rings. The minimum atomic E-state index is -1.33. The zero-order chi connectivity index (χ0) is 16.0. The Labute approximate surface area is 123 Å². The lowest BCUT2D eigenvalue weighted by molar-refractivity contribution is -0.140. The van der Waals surface area contributed by atoms with Crippen LogP contribution >= 0.6 is 0 Å². The quantitative estimate of drug-likeness (QED) is 0.798. The predicted octanol–water partition coefficient (Wildman–Crippen LogP) is 1.55. The van der Waals surface area contributed by atoms with Gasteiger partial charge in [-0.15, -0.1) is 0 Å². The van der Waals surface area contributed by atoms with Crippen molar-refractivity contribution in [3.63, 3.8) is 0 Å². The fourth-order valence-corrected chi connectivity index (χ4v) is 1.47. The molecule has 0 aliphatic heterocycles. The molecule has 0 heterocycles. The highest BCUT2D eigenvalue weighted by atomic mass is 16.6. The molecule has 0 saturated heterocycles. The van der Waals surface area contributed by atoms with Crippen LogP contribution in [0.4, 0.5) is 4.79 Å². The molecule has 1 aliphatic rings. The summed E-state index contributed by atoms with van der Waals surface area (Å²) in [7, 11) is 0. The highest BCUT2D eigenvalue weighted by Crippen LogP contribution is 2.25. The third-order valence-corrected chi connectivity index (χ3v) is 2.55. The molecule has 21 heavy (non-hydrogen) atoms. The number of rotatable bonds is 3. The van der Waals surface area contributed by atoms with Gasteiger partial charge in [-0.2, -0.15) is 0 Å². The average Bonchev–Trinajstić information content (AvgIpc) is 3.13. The number of carbonyl (C=O) groups is 2. The molecule has 1 aromatic carbocycles. The predicted molar refractivity (Wildman–Crippen MR) is 77.1 cm³/mol. The molecule has 1 aliphatic carbocycles. The summed E-state index contributed by atoms with van der Waals surface area (Å²) >= 11 is 0. The summed E-state index contributed by atoms with van der Waals surface area (Å²) in [5.41, 5.74) is 2.37. The normalized spacial score (nSPS) is 13.1. The van der Waals surface area contributed by atoms with Gasteiger partial charge in [0, 0.05) is 0 Å². The largest absolute Gasteiger partial charge is 0.480 e. The molecule has 0 spiro atoms. The van der Waals surface area contributed by atoms with Gasteiger partial charge in [-0.05, 0) is 38.3 Å². The fourth-order valence-electron chi connectivity index (χ4n) is 1.47. The first kappa shape index (κ1) is 17.0. The van der Waals surface area contributed by atoms with Gasteiger partial charge in [-0.1, -0.05) is 24.3 Å². The molecule has 0 fully saturated rings. The number of aliphatic hydroxyl groups excluding tert-OH is 1. The minimum Gasteiger partial charge on any atom is -0.480 e. The number of carboxylic acid groups (broad SMARTS) is 1. The zero-order valence-corrected chi connectivity index (χ0v) is 12.4. The topological polar surface area (TPSA) is 95.9 Å². The van der Waals surface area contributed by atoms with Gasteiger partial charge in [0.1, 0.15) is 5.60 Å². The van der Waals surface area contributed by atoms with Gasteiger partial charge < -0.3 is 20.3 Å². The number of amides is 1. The first-order valence-electron chi connectivity index (χ1n) is 6.63. The Bertz CT molecular complexity index is 486. The van der Waals surface area contributed by atoms with Gasteiger partial charge in [-0.3, -0.25) is 0 Å². The van der Waals surface area contributed by atoms with Gasteiger partial charge in [0.2, 0.25) is 0 Å². The van der Waals surface area contributed by atoms with E-state index in [0.29, 0.717) is 0 Å². The van der Waals surface area contributed by atoms with Crippen molar-refractivity contribution in [2.24, 2.45) is 0 Å². The van der Waals surface area contributed by atoms with Crippen molar-refractivity contribution in [3.05, 3.63) is 35.4 Å². The lowest BCUT2D eigenvalue weighted by atomic mass is 10.2. The summed E-state index contributed by atoms with van der Waals surface area (Å²) in [6.07, 6.45) is 0.381. The van der Waals surface area contributed by atoms with Crippen LogP contribution < -0.4 is 5.32 Å². The molecule has 0 saturated carbocycles. The van der Waals surface area contributed by atoms with Crippen molar-refractivity contribution in [2.45, 2.75) is 38.8 Å². The maximum atomic E-state index is 11.0. The van der Waals surface area contributed by atoms with Crippen molar-refractivity contribution >= 4 is 12.1 Å². The second-order valence-corrected chi connectivity index (χ2v) is 5.67. The zero-order valence-electron chi connectivity index (χ0n) is 12.4.